The number of likely N-dealkylation sites (tertiary alicyclic amines) is 1. The maximum absolute atomic E-state index is 12.5. The van der Waals surface area contributed by atoms with Crippen LogP contribution >= 0.6 is 0 Å². The van der Waals surface area contributed by atoms with E-state index in [1.807, 2.05) is 6.92 Å². The van der Waals surface area contributed by atoms with Gasteiger partial charge >= 0.3 is 5.97 Å². The highest BCUT2D eigenvalue weighted by atomic mass is 16.4. The van der Waals surface area contributed by atoms with Gasteiger partial charge in [0.15, 0.2) is 0 Å². The number of fused-ring (bicyclic) bond motifs is 1. The lowest BCUT2D eigenvalue weighted by molar-refractivity contribution is -0.152. The van der Waals surface area contributed by atoms with E-state index >= 15 is 0 Å². The van der Waals surface area contributed by atoms with Gasteiger partial charge in [-0.25, -0.2) is 0 Å². The molecule has 30 heavy (non-hydrogen) atoms. The molecule has 5 N–H and O–H groups in total. The quantitative estimate of drug-likeness (QED) is 0.335. The van der Waals surface area contributed by atoms with E-state index in [0.717, 1.165) is 9.80 Å². The number of nitrogens with one attached hydrogen (secondary N) is 1. The van der Waals surface area contributed by atoms with Gasteiger partial charge in [0.1, 0.15) is 6.04 Å². The number of amides is 4. The largest absolute Gasteiger partial charge is 0.480 e. The summed E-state index contributed by atoms with van der Waals surface area (Å²) in [6.07, 6.45) is 0.118. The van der Waals surface area contributed by atoms with Crippen molar-refractivity contribution in [2.75, 3.05) is 32.0 Å². The molecule has 11 nitrogen and oxygen atoms in total. The number of carboxylic acids is 1. The average Bonchev–Trinajstić information content (AvgIpc) is 2.94. The van der Waals surface area contributed by atoms with E-state index in [9.17, 15) is 24.0 Å². The third kappa shape index (κ3) is 4.81. The summed E-state index contributed by atoms with van der Waals surface area (Å²) in [5.41, 5.74) is 6.34. The fourth-order valence-electron chi connectivity index (χ4n) is 3.19. The van der Waals surface area contributed by atoms with Crippen molar-refractivity contribution in [2.24, 2.45) is 0 Å². The molecule has 0 saturated carbocycles. The van der Waals surface area contributed by atoms with Crippen molar-refractivity contribution in [1.29, 1.82) is 0 Å². The molecule has 1 fully saturated rings. The van der Waals surface area contributed by atoms with Crippen LogP contribution in [0, 0.1) is 0 Å². The van der Waals surface area contributed by atoms with E-state index in [1.165, 1.54) is 18.2 Å². The Bertz CT molecular complexity index is 870. The van der Waals surface area contributed by atoms with Crippen LogP contribution in [0.5, 0.6) is 0 Å². The Balaban J connectivity index is 0.000000396. The molecule has 0 spiro atoms. The number of carboxylic acid groups (broad SMARTS) is 1. The fourth-order valence-corrected chi connectivity index (χ4v) is 3.19. The number of aliphatic carboxylic acids is 1. The molecule has 162 valence electrons. The summed E-state index contributed by atoms with van der Waals surface area (Å²) >= 11 is 0. The lowest BCUT2D eigenvalue weighted by Gasteiger charge is -2.34. The smallest absolute Gasteiger partial charge is 0.317 e. The molecule has 1 atom stereocenters. The van der Waals surface area contributed by atoms with Crippen LogP contribution in [0.1, 0.15) is 40.5 Å². The molecule has 1 unspecified atom stereocenters. The molecule has 3 rings (SSSR count). The zero-order valence-corrected chi connectivity index (χ0v) is 16.5. The number of nitrogens with two attached hydrogens (primary N) is 1. The highest BCUT2D eigenvalue weighted by Gasteiger charge is 2.46. The van der Waals surface area contributed by atoms with Crippen molar-refractivity contribution in [1.82, 2.24) is 15.1 Å². The van der Waals surface area contributed by atoms with Gasteiger partial charge in [0.2, 0.25) is 5.91 Å². The molecule has 1 aromatic rings. The van der Waals surface area contributed by atoms with Gasteiger partial charge in [0.05, 0.1) is 30.8 Å². The van der Waals surface area contributed by atoms with Gasteiger partial charge in [-0.2, -0.15) is 0 Å². The van der Waals surface area contributed by atoms with Crippen molar-refractivity contribution in [2.45, 2.75) is 25.8 Å². The van der Waals surface area contributed by atoms with Gasteiger partial charge in [-0.3, -0.25) is 33.8 Å². The average molecular weight is 420 g/mol. The minimum atomic E-state index is -1.03. The number of carbonyl (C=O) groups is 5. The number of rotatable bonds is 6. The number of aliphatic hydroxyl groups is 1. The van der Waals surface area contributed by atoms with Crippen LogP contribution in [-0.4, -0.2) is 81.9 Å². The number of carbonyl (C=O) groups excluding carboxylic acids is 4. The maximum atomic E-state index is 12.5. The summed E-state index contributed by atoms with van der Waals surface area (Å²) in [4.78, 5) is 60.7. The van der Waals surface area contributed by atoms with Crippen molar-refractivity contribution in [3.05, 3.63) is 29.3 Å². The molecule has 0 radical (unpaired) electrons. The van der Waals surface area contributed by atoms with Gasteiger partial charge in [-0.15, -0.1) is 0 Å². The fraction of sp³-hybridized carbons (Fsp3) is 0.421. The molecule has 2 heterocycles. The van der Waals surface area contributed by atoms with E-state index in [2.05, 4.69) is 5.32 Å². The Hall–Kier alpha value is -3.31. The molecule has 2 aliphatic heterocycles. The monoisotopic (exact) mass is 420 g/mol. The first-order chi connectivity index (χ1) is 14.2. The highest BCUT2D eigenvalue weighted by molar-refractivity contribution is 6.23. The van der Waals surface area contributed by atoms with Gasteiger partial charge in [-0.05, 0) is 31.2 Å². The van der Waals surface area contributed by atoms with Crippen LogP contribution in [0.15, 0.2) is 18.2 Å². The van der Waals surface area contributed by atoms with Crippen molar-refractivity contribution in [3.8, 4) is 0 Å². The minimum Gasteiger partial charge on any atom is -0.480 e. The van der Waals surface area contributed by atoms with Crippen LogP contribution < -0.4 is 11.1 Å². The Morgan fingerprint density at radius 3 is 2.43 bits per heavy atom. The number of likely N-dealkylation sites (N-methyl/N-ethyl adjacent to an activating group) is 1. The molecule has 0 aromatic heterocycles. The number of piperidine rings is 1. The van der Waals surface area contributed by atoms with Gasteiger partial charge in [-0.1, -0.05) is 6.92 Å². The van der Waals surface area contributed by atoms with Crippen LogP contribution in [0.25, 0.3) is 0 Å². The number of β-amino-alcohol motifs (C(OH)–C–C–N with tert-alkyl or cyclic N) is 1. The van der Waals surface area contributed by atoms with Crippen molar-refractivity contribution < 1.29 is 34.2 Å². The number of anilines is 1. The third-order valence-electron chi connectivity index (χ3n) is 4.59. The van der Waals surface area contributed by atoms with Crippen LogP contribution in [0.2, 0.25) is 0 Å². The lowest BCUT2D eigenvalue weighted by Crippen LogP contribution is -2.56. The number of hydrogen-bond acceptors (Lipinski definition) is 8. The topological polar surface area (TPSA) is 170 Å². The van der Waals surface area contributed by atoms with E-state index in [-0.39, 0.29) is 43.7 Å². The molecule has 1 aromatic carbocycles. The highest BCUT2D eigenvalue weighted by Crippen LogP contribution is 2.30. The molecule has 4 amide bonds. The molecular weight excluding hydrogens is 396 g/mol. The van der Waals surface area contributed by atoms with E-state index in [4.69, 9.17) is 15.9 Å². The summed E-state index contributed by atoms with van der Waals surface area (Å²) in [6, 6.07) is 3.33. The zero-order valence-electron chi connectivity index (χ0n) is 16.5. The lowest BCUT2D eigenvalue weighted by atomic mass is 10.0. The van der Waals surface area contributed by atoms with Crippen molar-refractivity contribution in [3.63, 3.8) is 0 Å². The SMILES string of the molecule is CCNCC(=O)O.Nc1ccc2c(c1)C(=O)N(C1CCC(=O)N(CCO)C1=O)C2=O. The second-order valence-corrected chi connectivity index (χ2v) is 6.62. The van der Waals surface area contributed by atoms with Crippen LogP contribution in [0.3, 0.4) is 0 Å². The molecule has 1 saturated heterocycles. The predicted octanol–water partition coefficient (Wildman–Crippen LogP) is -0.945. The second kappa shape index (κ2) is 9.94. The minimum absolute atomic E-state index is 0.0337. The Morgan fingerprint density at radius 1 is 1.20 bits per heavy atom. The third-order valence-corrected chi connectivity index (χ3v) is 4.59. The number of hydrogen-bond donors (Lipinski definition) is 4. The van der Waals surface area contributed by atoms with Crippen molar-refractivity contribution >= 4 is 35.3 Å². The van der Waals surface area contributed by atoms with E-state index < -0.39 is 35.6 Å². The first kappa shape index (κ1) is 23.0. The Labute approximate surface area is 172 Å². The standard InChI is InChI=1S/C15H15N3O5.C4H9NO2/c16-8-1-2-9-10(7-8)14(22)18(13(9)21)11-3-4-12(20)17(5-6-19)15(11)23;1-2-5-3-4(6)7/h1-2,7,11,19H,3-6,16H2;5H,2-3H2,1H3,(H,6,7). The molecule has 0 bridgehead atoms. The van der Waals surface area contributed by atoms with Crippen LogP contribution in [0.4, 0.5) is 5.69 Å². The zero-order chi connectivity index (χ0) is 22.4. The summed E-state index contributed by atoms with van der Waals surface area (Å²) in [7, 11) is 0. The summed E-state index contributed by atoms with van der Waals surface area (Å²) in [5, 5.41) is 19.6. The van der Waals surface area contributed by atoms with E-state index in [0.29, 0.717) is 12.2 Å². The normalized spacial score (nSPS) is 18.3. The Morgan fingerprint density at radius 2 is 1.87 bits per heavy atom. The Kier molecular flexibility index (Phi) is 7.61. The first-order valence-electron chi connectivity index (χ1n) is 9.37. The second-order valence-electron chi connectivity index (χ2n) is 6.62. The number of imide groups is 2. The summed E-state index contributed by atoms with van der Waals surface area (Å²) in [6.45, 7) is 2.12. The molecular formula is C19H24N4O7. The summed E-state index contributed by atoms with van der Waals surface area (Å²) in [5.74, 6) is -3.02. The summed E-state index contributed by atoms with van der Waals surface area (Å²) < 4.78 is 0. The number of benzene rings is 1. The molecule has 11 heteroatoms. The van der Waals surface area contributed by atoms with Gasteiger partial charge in [0.25, 0.3) is 17.7 Å². The van der Waals surface area contributed by atoms with Gasteiger partial charge in [0, 0.05) is 12.1 Å². The molecule has 2 aliphatic rings. The number of nitrogens with zero attached hydrogens (tertiary/aromatic N) is 2. The molecule has 0 aliphatic carbocycles. The van der Waals surface area contributed by atoms with E-state index in [1.54, 1.807) is 0 Å². The predicted molar refractivity (Wildman–Crippen MR) is 104 cm³/mol. The first-order valence-corrected chi connectivity index (χ1v) is 9.37. The number of aliphatic hydroxyl groups excluding tert-OH is 1. The number of nitrogen functional groups attached to an aromatic ring is 1. The van der Waals surface area contributed by atoms with Gasteiger partial charge < -0.3 is 21.3 Å². The maximum Gasteiger partial charge on any atom is 0.317 e. The van der Waals surface area contributed by atoms with Crippen LogP contribution in [-0.2, 0) is 14.4 Å².